The fraction of sp³-hybridized carbons (Fsp3) is 0.333. The minimum Gasteiger partial charge on any atom is -0.493 e. The average molecular weight is 337 g/mol. The summed E-state index contributed by atoms with van der Waals surface area (Å²) in [6, 6.07) is 5.68. The van der Waals surface area contributed by atoms with Crippen molar-refractivity contribution in [3.8, 4) is 5.75 Å². The number of ether oxygens (including phenoxy) is 1. The third-order valence-electron chi connectivity index (χ3n) is 3.20. The van der Waals surface area contributed by atoms with Crippen molar-refractivity contribution in [2.75, 3.05) is 7.11 Å². The zero-order valence-electron chi connectivity index (χ0n) is 12.0. The van der Waals surface area contributed by atoms with E-state index in [9.17, 15) is 4.79 Å². The van der Waals surface area contributed by atoms with E-state index in [1.165, 1.54) is 0 Å². The second kappa shape index (κ2) is 5.79. The Hall–Kier alpha value is -1.62. The molecule has 1 heterocycles. The zero-order valence-corrected chi connectivity index (χ0v) is 13.6. The van der Waals surface area contributed by atoms with E-state index in [1.807, 2.05) is 39.0 Å². The Morgan fingerprint density at radius 3 is 2.70 bits per heavy atom. The van der Waals surface area contributed by atoms with Gasteiger partial charge in [-0.3, -0.25) is 9.48 Å². The molecule has 0 fully saturated rings. The first-order valence-electron chi connectivity index (χ1n) is 6.38. The fourth-order valence-corrected chi connectivity index (χ4v) is 2.45. The van der Waals surface area contributed by atoms with E-state index in [1.54, 1.807) is 18.0 Å². The van der Waals surface area contributed by atoms with Crippen LogP contribution >= 0.6 is 15.9 Å². The predicted molar refractivity (Wildman–Crippen MR) is 81.5 cm³/mol. The maximum Gasteiger partial charge on any atom is 0.215 e. The molecule has 1 aromatic carbocycles. The third-order valence-corrected chi connectivity index (χ3v) is 4.06. The molecule has 0 bridgehead atoms. The molecule has 5 heteroatoms. The van der Waals surface area contributed by atoms with Gasteiger partial charge in [-0.15, -0.1) is 0 Å². The van der Waals surface area contributed by atoms with Crippen molar-refractivity contribution >= 4 is 21.7 Å². The summed E-state index contributed by atoms with van der Waals surface area (Å²) < 4.78 is 7.88. The molecule has 0 saturated heterocycles. The minimum atomic E-state index is -0.0770. The van der Waals surface area contributed by atoms with E-state index in [2.05, 4.69) is 21.0 Å². The van der Waals surface area contributed by atoms with Gasteiger partial charge in [0.15, 0.2) is 11.4 Å². The number of benzene rings is 1. The molecule has 2 aromatic rings. The lowest BCUT2D eigenvalue weighted by Gasteiger charge is -2.13. The molecule has 0 atom stereocenters. The van der Waals surface area contributed by atoms with Crippen LogP contribution < -0.4 is 4.74 Å². The van der Waals surface area contributed by atoms with Crippen LogP contribution in [0.15, 0.2) is 28.9 Å². The van der Waals surface area contributed by atoms with Crippen LogP contribution in [0.4, 0.5) is 0 Å². The van der Waals surface area contributed by atoms with Crippen LogP contribution in [-0.2, 0) is 0 Å². The Kier molecular flexibility index (Phi) is 4.28. The molecular formula is C15H17BrN2O2. The van der Waals surface area contributed by atoms with Gasteiger partial charge < -0.3 is 4.74 Å². The number of carbonyl (C=O) groups excluding carboxylic acids is 1. The van der Waals surface area contributed by atoms with Crippen LogP contribution in [0.5, 0.6) is 5.75 Å². The first-order chi connectivity index (χ1) is 9.47. The molecule has 0 radical (unpaired) electrons. The zero-order chi connectivity index (χ0) is 14.9. The number of methoxy groups -OCH3 is 1. The highest BCUT2D eigenvalue weighted by atomic mass is 79.9. The number of halogens is 1. The Labute approximate surface area is 126 Å². The van der Waals surface area contributed by atoms with E-state index in [4.69, 9.17) is 4.74 Å². The number of hydrogen-bond acceptors (Lipinski definition) is 3. The summed E-state index contributed by atoms with van der Waals surface area (Å²) in [4.78, 5) is 12.8. The molecule has 0 aliphatic rings. The fourth-order valence-electron chi connectivity index (χ4n) is 2.08. The smallest absolute Gasteiger partial charge is 0.215 e. The first-order valence-corrected chi connectivity index (χ1v) is 7.18. The molecule has 20 heavy (non-hydrogen) atoms. The second-order valence-corrected chi connectivity index (χ2v) is 5.70. The molecule has 4 nitrogen and oxygen atoms in total. The van der Waals surface area contributed by atoms with Crippen LogP contribution in [0.3, 0.4) is 0 Å². The van der Waals surface area contributed by atoms with Crippen molar-refractivity contribution in [1.82, 2.24) is 9.78 Å². The number of hydrogen-bond donors (Lipinski definition) is 0. The molecule has 0 saturated carbocycles. The quantitative estimate of drug-likeness (QED) is 0.798. The van der Waals surface area contributed by atoms with Gasteiger partial charge in [-0.1, -0.05) is 28.1 Å². The monoisotopic (exact) mass is 336 g/mol. The summed E-state index contributed by atoms with van der Waals surface area (Å²) in [7, 11) is 1.55. The highest BCUT2D eigenvalue weighted by Crippen LogP contribution is 2.27. The van der Waals surface area contributed by atoms with E-state index in [0.29, 0.717) is 17.0 Å². The van der Waals surface area contributed by atoms with Crippen molar-refractivity contribution in [2.24, 2.45) is 0 Å². The summed E-state index contributed by atoms with van der Waals surface area (Å²) in [5, 5.41) is 4.24. The van der Waals surface area contributed by atoms with Gasteiger partial charge >= 0.3 is 0 Å². The maximum absolute atomic E-state index is 12.8. The summed E-state index contributed by atoms with van der Waals surface area (Å²) in [6.07, 6.45) is 1.58. The normalized spacial score (nSPS) is 10.9. The Morgan fingerprint density at radius 1 is 1.40 bits per heavy atom. The molecule has 0 unspecified atom stereocenters. The van der Waals surface area contributed by atoms with E-state index in [0.717, 1.165) is 10.0 Å². The standard InChI is InChI=1S/C15H17BrN2O2/c1-9(2)18-14(13(20-4)8-17-18)15(19)11-6-5-7-12(16)10(11)3/h5-9H,1-4H3. The molecule has 0 N–H and O–H groups in total. The van der Waals surface area contributed by atoms with Gasteiger partial charge in [0.25, 0.3) is 0 Å². The number of carbonyl (C=O) groups is 1. The highest BCUT2D eigenvalue weighted by molar-refractivity contribution is 9.10. The summed E-state index contributed by atoms with van der Waals surface area (Å²) in [5.41, 5.74) is 2.06. The SMILES string of the molecule is COc1cnn(C(C)C)c1C(=O)c1cccc(Br)c1C. The van der Waals surface area contributed by atoms with Crippen molar-refractivity contribution in [1.29, 1.82) is 0 Å². The van der Waals surface area contributed by atoms with Crippen LogP contribution in [0.25, 0.3) is 0 Å². The Bertz CT molecular complexity index is 647. The second-order valence-electron chi connectivity index (χ2n) is 4.84. The lowest BCUT2D eigenvalue weighted by molar-refractivity contribution is 0.102. The van der Waals surface area contributed by atoms with E-state index in [-0.39, 0.29) is 11.8 Å². The Morgan fingerprint density at radius 2 is 2.10 bits per heavy atom. The number of rotatable bonds is 4. The molecule has 0 amide bonds. The number of aromatic nitrogens is 2. The van der Waals surface area contributed by atoms with E-state index >= 15 is 0 Å². The van der Waals surface area contributed by atoms with Crippen LogP contribution in [0.2, 0.25) is 0 Å². The largest absolute Gasteiger partial charge is 0.493 e. The predicted octanol–water partition coefficient (Wildman–Crippen LogP) is 3.77. The Balaban J connectivity index is 2.58. The minimum absolute atomic E-state index is 0.0770. The maximum atomic E-state index is 12.8. The molecular weight excluding hydrogens is 320 g/mol. The van der Waals surface area contributed by atoms with Crippen LogP contribution in [0, 0.1) is 6.92 Å². The van der Waals surface area contributed by atoms with Gasteiger partial charge in [0.05, 0.1) is 13.3 Å². The lowest BCUT2D eigenvalue weighted by Crippen LogP contribution is -2.15. The molecule has 0 aliphatic heterocycles. The van der Waals surface area contributed by atoms with Crippen molar-refractivity contribution < 1.29 is 9.53 Å². The summed E-state index contributed by atoms with van der Waals surface area (Å²) in [6.45, 7) is 5.88. The first kappa shape index (κ1) is 14.8. The summed E-state index contributed by atoms with van der Waals surface area (Å²) in [5.74, 6) is 0.426. The molecule has 1 aromatic heterocycles. The van der Waals surface area contributed by atoms with Crippen molar-refractivity contribution in [2.45, 2.75) is 26.8 Å². The van der Waals surface area contributed by atoms with Gasteiger partial charge in [-0.05, 0) is 32.4 Å². The summed E-state index contributed by atoms with van der Waals surface area (Å²) >= 11 is 3.45. The van der Waals surface area contributed by atoms with Crippen molar-refractivity contribution in [3.63, 3.8) is 0 Å². The number of ketones is 1. The molecule has 0 spiro atoms. The van der Waals surface area contributed by atoms with Crippen LogP contribution in [-0.4, -0.2) is 22.7 Å². The van der Waals surface area contributed by atoms with Gasteiger partial charge in [-0.25, -0.2) is 0 Å². The van der Waals surface area contributed by atoms with Crippen LogP contribution in [0.1, 0.15) is 41.5 Å². The van der Waals surface area contributed by atoms with Crippen molar-refractivity contribution in [3.05, 3.63) is 45.7 Å². The molecule has 106 valence electrons. The average Bonchev–Trinajstić information content (AvgIpc) is 2.85. The topological polar surface area (TPSA) is 44.1 Å². The van der Waals surface area contributed by atoms with Gasteiger partial charge in [-0.2, -0.15) is 5.10 Å². The third kappa shape index (κ3) is 2.50. The molecule has 0 aliphatic carbocycles. The number of nitrogens with zero attached hydrogens (tertiary/aromatic N) is 2. The van der Waals surface area contributed by atoms with Gasteiger partial charge in [0.1, 0.15) is 0 Å². The molecule has 2 rings (SSSR count). The lowest BCUT2D eigenvalue weighted by atomic mass is 10.0. The van der Waals surface area contributed by atoms with Gasteiger partial charge in [0.2, 0.25) is 5.78 Å². The highest BCUT2D eigenvalue weighted by Gasteiger charge is 2.23. The van der Waals surface area contributed by atoms with E-state index < -0.39 is 0 Å². The van der Waals surface area contributed by atoms with Gasteiger partial charge in [0, 0.05) is 16.1 Å².